The van der Waals surface area contributed by atoms with Crippen molar-refractivity contribution in [2.75, 3.05) is 0 Å². The van der Waals surface area contributed by atoms with Crippen molar-refractivity contribution in [2.45, 2.75) is 38.0 Å². The number of halogens is 6. The molecule has 0 radical (unpaired) electrons. The summed E-state index contributed by atoms with van der Waals surface area (Å²) in [6.07, 6.45) is -9.29. The van der Waals surface area contributed by atoms with Gasteiger partial charge in [0, 0.05) is 12.0 Å². The fourth-order valence-corrected chi connectivity index (χ4v) is 4.54. The molecule has 1 amide bonds. The number of nitrogens with one attached hydrogen (secondary N) is 1. The molecule has 0 unspecified atom stereocenters. The van der Waals surface area contributed by atoms with E-state index in [1.165, 1.54) is 24.3 Å². The quantitative estimate of drug-likeness (QED) is 0.207. The van der Waals surface area contributed by atoms with Crippen LogP contribution in [0.5, 0.6) is 11.5 Å². The number of rotatable bonds is 9. The zero-order valence-corrected chi connectivity index (χ0v) is 21.7. The minimum absolute atomic E-state index is 0.0302. The number of alkyl halides is 6. The number of hydrogen-bond donors (Lipinski definition) is 1. The molecule has 4 aromatic carbocycles. The fourth-order valence-electron chi connectivity index (χ4n) is 4.54. The lowest BCUT2D eigenvalue weighted by Gasteiger charge is -2.37. The molecule has 0 aliphatic heterocycles. The first-order chi connectivity index (χ1) is 19.4. The van der Waals surface area contributed by atoms with Crippen molar-refractivity contribution in [1.82, 2.24) is 5.32 Å². The van der Waals surface area contributed by atoms with E-state index in [2.05, 4.69) is 14.8 Å². The minimum atomic E-state index is -4.99. The van der Waals surface area contributed by atoms with Crippen molar-refractivity contribution in [1.29, 1.82) is 0 Å². The predicted molar refractivity (Wildman–Crippen MR) is 140 cm³/mol. The van der Waals surface area contributed by atoms with Crippen LogP contribution < -0.4 is 14.8 Å². The first-order valence-corrected chi connectivity index (χ1v) is 12.5. The Morgan fingerprint density at radius 2 is 1.17 bits per heavy atom. The molecule has 0 fully saturated rings. The van der Waals surface area contributed by atoms with Crippen LogP contribution in [0.3, 0.4) is 0 Å². The van der Waals surface area contributed by atoms with Gasteiger partial charge in [-0.15, -0.1) is 26.3 Å². The summed E-state index contributed by atoms with van der Waals surface area (Å²) in [6, 6.07) is 25.4. The van der Waals surface area contributed by atoms with E-state index in [9.17, 15) is 31.1 Å². The van der Waals surface area contributed by atoms with Crippen LogP contribution in [0.1, 0.15) is 39.5 Å². The average molecular weight is 574 g/mol. The molecule has 0 heterocycles. The van der Waals surface area contributed by atoms with Crippen molar-refractivity contribution in [3.63, 3.8) is 0 Å². The van der Waals surface area contributed by atoms with Crippen LogP contribution in [0, 0.1) is 0 Å². The molecular formula is C31H25F6NO3. The molecule has 0 saturated heterocycles. The molecular weight excluding hydrogens is 548 g/mol. The van der Waals surface area contributed by atoms with Gasteiger partial charge in [0.15, 0.2) is 0 Å². The predicted octanol–water partition coefficient (Wildman–Crippen LogP) is 7.96. The van der Waals surface area contributed by atoms with Crippen molar-refractivity contribution in [3.8, 4) is 11.5 Å². The highest BCUT2D eigenvalue weighted by Crippen LogP contribution is 2.38. The number of amides is 1. The van der Waals surface area contributed by atoms with E-state index in [0.29, 0.717) is 5.56 Å². The third-order valence-electron chi connectivity index (χ3n) is 6.38. The van der Waals surface area contributed by atoms with Gasteiger partial charge < -0.3 is 14.8 Å². The maximum atomic E-state index is 13.7. The van der Waals surface area contributed by atoms with E-state index in [1.54, 1.807) is 54.6 Å². The molecule has 41 heavy (non-hydrogen) atoms. The number of benzene rings is 4. The van der Waals surface area contributed by atoms with Gasteiger partial charge in [-0.25, -0.2) is 0 Å². The number of carbonyl (C=O) groups is 1. The summed E-state index contributed by atoms with van der Waals surface area (Å²) in [7, 11) is 0. The zero-order valence-electron chi connectivity index (χ0n) is 21.7. The van der Waals surface area contributed by atoms with E-state index in [4.69, 9.17) is 0 Å². The second-order valence-electron chi connectivity index (χ2n) is 9.22. The zero-order chi connectivity index (χ0) is 29.7. The third-order valence-corrected chi connectivity index (χ3v) is 6.38. The van der Waals surface area contributed by atoms with Crippen LogP contribution in [-0.2, 0) is 18.4 Å². The molecule has 0 aromatic heterocycles. The van der Waals surface area contributed by atoms with Crippen LogP contribution in [-0.4, -0.2) is 18.6 Å². The van der Waals surface area contributed by atoms with Gasteiger partial charge in [0.1, 0.15) is 11.5 Å². The normalized spacial score (nSPS) is 12.1. The summed E-state index contributed by atoms with van der Waals surface area (Å²) in [6.45, 7) is 1.95. The lowest BCUT2D eigenvalue weighted by molar-refractivity contribution is -0.275. The molecule has 10 heteroatoms. The van der Waals surface area contributed by atoms with E-state index in [1.807, 2.05) is 6.92 Å². The summed E-state index contributed by atoms with van der Waals surface area (Å²) in [5, 5.41) is 2.93. The van der Waals surface area contributed by atoms with Gasteiger partial charge in [0.2, 0.25) is 0 Å². The summed E-state index contributed by atoms with van der Waals surface area (Å²) < 4.78 is 87.1. The monoisotopic (exact) mass is 573 g/mol. The van der Waals surface area contributed by atoms with Crippen LogP contribution in [0.4, 0.5) is 26.3 Å². The number of hydrogen-bond acceptors (Lipinski definition) is 3. The summed E-state index contributed by atoms with van der Waals surface area (Å²) in [5.74, 6) is -1.71. The molecule has 0 aliphatic carbocycles. The molecule has 0 spiro atoms. The SMILES string of the molecule is CCc1ccc(C(=O)NC(Cc2ccccc2)(c2cccc(OC(F)(F)F)c2)c2cccc(OC(F)(F)F)c2)cc1. The highest BCUT2D eigenvalue weighted by molar-refractivity contribution is 5.95. The molecule has 1 N–H and O–H groups in total. The molecule has 0 bridgehead atoms. The van der Waals surface area contributed by atoms with E-state index >= 15 is 0 Å². The van der Waals surface area contributed by atoms with E-state index in [0.717, 1.165) is 36.2 Å². The van der Waals surface area contributed by atoms with Gasteiger partial charge in [0.25, 0.3) is 5.91 Å². The Bertz CT molecular complexity index is 1410. The molecule has 4 rings (SSSR count). The van der Waals surface area contributed by atoms with E-state index < -0.39 is 35.7 Å². The Morgan fingerprint density at radius 3 is 1.63 bits per heavy atom. The summed E-state index contributed by atoms with van der Waals surface area (Å²) >= 11 is 0. The average Bonchev–Trinajstić information content (AvgIpc) is 2.91. The van der Waals surface area contributed by atoms with Crippen molar-refractivity contribution < 1.29 is 40.6 Å². The van der Waals surface area contributed by atoms with Gasteiger partial charge in [0.05, 0.1) is 5.54 Å². The Morgan fingerprint density at radius 1 is 0.659 bits per heavy atom. The molecule has 4 aromatic rings. The number of ether oxygens (including phenoxy) is 2. The number of aryl methyl sites for hydroxylation is 1. The Hall–Kier alpha value is -4.47. The number of carbonyl (C=O) groups excluding carboxylic acids is 1. The van der Waals surface area contributed by atoms with Crippen molar-refractivity contribution in [2.24, 2.45) is 0 Å². The smallest absolute Gasteiger partial charge is 0.406 e. The van der Waals surface area contributed by atoms with Crippen LogP contribution in [0.25, 0.3) is 0 Å². The fraction of sp³-hybridized carbons (Fsp3) is 0.194. The summed E-state index contributed by atoms with van der Waals surface area (Å²) in [5.41, 5.74) is 0.517. The maximum Gasteiger partial charge on any atom is 0.573 e. The molecule has 0 aliphatic rings. The Balaban J connectivity index is 1.93. The minimum Gasteiger partial charge on any atom is -0.406 e. The van der Waals surface area contributed by atoms with Gasteiger partial charge >= 0.3 is 12.7 Å². The standard InChI is InChI=1S/C31H25F6NO3/c1-2-21-14-16-23(17-15-21)28(39)38-29(20-22-8-4-3-5-9-22,24-10-6-12-26(18-24)40-30(32,33)34)25-11-7-13-27(19-25)41-31(35,36)37/h3-19H,2,20H2,1H3,(H,38,39). The summed E-state index contributed by atoms with van der Waals surface area (Å²) in [4.78, 5) is 13.7. The second kappa shape index (κ2) is 12.0. The van der Waals surface area contributed by atoms with Crippen LogP contribution in [0.15, 0.2) is 103 Å². The van der Waals surface area contributed by atoms with Crippen molar-refractivity contribution in [3.05, 3.63) is 131 Å². The Labute approximate surface area is 232 Å². The van der Waals surface area contributed by atoms with Crippen LogP contribution >= 0.6 is 0 Å². The highest BCUT2D eigenvalue weighted by Gasteiger charge is 2.39. The lowest BCUT2D eigenvalue weighted by atomic mass is 9.77. The molecule has 0 saturated carbocycles. The maximum absolute atomic E-state index is 13.7. The van der Waals surface area contributed by atoms with E-state index in [-0.39, 0.29) is 23.1 Å². The van der Waals surface area contributed by atoms with Gasteiger partial charge in [-0.2, -0.15) is 0 Å². The van der Waals surface area contributed by atoms with Crippen molar-refractivity contribution >= 4 is 5.91 Å². The van der Waals surface area contributed by atoms with Crippen LogP contribution in [0.2, 0.25) is 0 Å². The van der Waals surface area contributed by atoms with Gasteiger partial charge in [-0.1, -0.05) is 73.7 Å². The first-order valence-electron chi connectivity index (χ1n) is 12.5. The topological polar surface area (TPSA) is 47.6 Å². The molecule has 0 atom stereocenters. The Kier molecular flexibility index (Phi) is 8.60. The second-order valence-corrected chi connectivity index (χ2v) is 9.22. The first kappa shape index (κ1) is 29.5. The lowest BCUT2D eigenvalue weighted by Crippen LogP contribution is -2.48. The molecule has 4 nitrogen and oxygen atoms in total. The van der Waals surface area contributed by atoms with Gasteiger partial charge in [-0.3, -0.25) is 4.79 Å². The highest BCUT2D eigenvalue weighted by atomic mass is 19.4. The largest absolute Gasteiger partial charge is 0.573 e. The molecule has 214 valence electrons. The third kappa shape index (κ3) is 7.81. The van der Waals surface area contributed by atoms with Gasteiger partial charge in [-0.05, 0) is 65.1 Å².